The maximum Gasteiger partial charge on any atom is 0.200 e. The Morgan fingerprint density at radius 2 is 1.86 bits per heavy atom. The van der Waals surface area contributed by atoms with Crippen LogP contribution in [0.3, 0.4) is 0 Å². The second kappa shape index (κ2) is 5.06. The van der Waals surface area contributed by atoms with Crippen molar-refractivity contribution in [1.29, 1.82) is 0 Å². The van der Waals surface area contributed by atoms with Crippen molar-refractivity contribution in [1.82, 2.24) is 0 Å². The normalized spacial score (nSPS) is 10.8. The highest BCUT2D eigenvalue weighted by molar-refractivity contribution is 5.83. The Kier molecular flexibility index (Phi) is 3.21. The van der Waals surface area contributed by atoms with Crippen LogP contribution in [0.2, 0.25) is 0 Å². The first-order chi connectivity index (χ1) is 10.5. The highest BCUT2D eigenvalue weighted by Gasteiger charge is 2.11. The van der Waals surface area contributed by atoms with Crippen molar-refractivity contribution in [3.63, 3.8) is 0 Å². The maximum atomic E-state index is 12.4. The van der Waals surface area contributed by atoms with Crippen molar-refractivity contribution in [2.45, 2.75) is 0 Å². The van der Waals surface area contributed by atoms with Crippen LogP contribution in [-0.4, -0.2) is 15.5 Å². The Morgan fingerprint density at radius 3 is 2.59 bits per heavy atom. The van der Waals surface area contributed by atoms with Crippen LogP contribution < -0.4 is 15.8 Å². The Hall–Kier alpha value is -3.03. The number of anilines is 1. The molecule has 0 aliphatic rings. The molecule has 0 aliphatic carbocycles. The molecule has 0 fully saturated rings. The molecule has 3 rings (SSSR count). The minimum absolute atomic E-state index is 0.0300. The van der Waals surface area contributed by atoms with E-state index < -0.39 is 5.75 Å². The smallest absolute Gasteiger partial charge is 0.200 e. The van der Waals surface area contributed by atoms with E-state index in [9.17, 15) is 15.0 Å². The molecule has 0 amide bonds. The molecule has 2 aromatic carbocycles. The highest BCUT2D eigenvalue weighted by atomic mass is 16.8. The van der Waals surface area contributed by atoms with Crippen LogP contribution >= 0.6 is 0 Å². The topological polar surface area (TPSA) is 117 Å². The van der Waals surface area contributed by atoms with E-state index >= 15 is 0 Å². The Morgan fingerprint density at radius 1 is 1.09 bits per heavy atom. The number of phenols is 1. The fourth-order valence-corrected chi connectivity index (χ4v) is 2.16. The zero-order valence-electron chi connectivity index (χ0n) is 11.1. The summed E-state index contributed by atoms with van der Waals surface area (Å²) in [6.45, 7) is 0. The molecule has 22 heavy (non-hydrogen) atoms. The van der Waals surface area contributed by atoms with Crippen LogP contribution in [0.25, 0.3) is 22.1 Å². The van der Waals surface area contributed by atoms with Gasteiger partial charge in [-0.05, 0) is 23.8 Å². The SMILES string of the molecule is O=c1c(-c2ccc([O-])c(N(O)O)c2)coc2cc(O)ccc12. The molecule has 0 spiro atoms. The molecular formula is C15H10NO6-. The molecule has 3 N–H and O–H groups in total. The van der Waals surface area contributed by atoms with Crippen LogP contribution in [0, 0.1) is 0 Å². The summed E-state index contributed by atoms with van der Waals surface area (Å²) in [5.41, 5.74) is -0.0796. The summed E-state index contributed by atoms with van der Waals surface area (Å²) in [7, 11) is 0. The number of aromatic hydroxyl groups is 1. The van der Waals surface area contributed by atoms with Gasteiger partial charge >= 0.3 is 0 Å². The number of nitrogens with zero attached hydrogens (tertiary/aromatic N) is 1. The van der Waals surface area contributed by atoms with Gasteiger partial charge in [0.1, 0.15) is 17.6 Å². The second-order valence-electron chi connectivity index (χ2n) is 4.63. The van der Waals surface area contributed by atoms with E-state index in [0.29, 0.717) is 5.56 Å². The summed E-state index contributed by atoms with van der Waals surface area (Å²) < 4.78 is 5.31. The van der Waals surface area contributed by atoms with Gasteiger partial charge in [-0.3, -0.25) is 15.2 Å². The average molecular weight is 300 g/mol. The van der Waals surface area contributed by atoms with E-state index in [4.69, 9.17) is 14.8 Å². The van der Waals surface area contributed by atoms with E-state index in [-0.39, 0.29) is 38.6 Å². The summed E-state index contributed by atoms with van der Waals surface area (Å²) in [6.07, 6.45) is 1.19. The second-order valence-corrected chi connectivity index (χ2v) is 4.63. The predicted molar refractivity (Wildman–Crippen MR) is 75.1 cm³/mol. The molecule has 7 nitrogen and oxygen atoms in total. The number of hydrogen-bond donors (Lipinski definition) is 3. The predicted octanol–water partition coefficient (Wildman–Crippen LogP) is 1.82. The summed E-state index contributed by atoms with van der Waals surface area (Å²) in [5, 5.41) is 38.8. The molecule has 1 aromatic heterocycles. The first-order valence-electron chi connectivity index (χ1n) is 6.21. The van der Waals surface area contributed by atoms with E-state index in [1.165, 1.54) is 36.6 Å². The van der Waals surface area contributed by atoms with Gasteiger partial charge in [-0.2, -0.15) is 0 Å². The molecular weight excluding hydrogens is 290 g/mol. The van der Waals surface area contributed by atoms with Crippen LogP contribution in [0.4, 0.5) is 5.69 Å². The molecule has 0 aliphatic heterocycles. The lowest BCUT2D eigenvalue weighted by Gasteiger charge is -2.17. The van der Waals surface area contributed by atoms with Crippen molar-refractivity contribution in [2.24, 2.45) is 0 Å². The number of rotatable bonds is 2. The van der Waals surface area contributed by atoms with Gasteiger partial charge in [-0.15, -0.1) is 5.23 Å². The zero-order valence-corrected chi connectivity index (χ0v) is 11.1. The van der Waals surface area contributed by atoms with Gasteiger partial charge in [-0.1, -0.05) is 17.9 Å². The van der Waals surface area contributed by atoms with E-state index in [1.807, 2.05) is 0 Å². The first kappa shape index (κ1) is 13.9. The third-order valence-electron chi connectivity index (χ3n) is 3.24. The Bertz CT molecular complexity index is 916. The molecule has 1 heterocycles. The molecule has 112 valence electrons. The van der Waals surface area contributed by atoms with E-state index in [1.54, 1.807) is 0 Å². The van der Waals surface area contributed by atoms with Crippen LogP contribution in [0.5, 0.6) is 11.5 Å². The molecule has 0 saturated heterocycles. The summed E-state index contributed by atoms with van der Waals surface area (Å²) in [4.78, 5) is 12.4. The molecule has 3 aromatic rings. The lowest BCUT2D eigenvalue weighted by Crippen LogP contribution is -2.14. The van der Waals surface area contributed by atoms with Gasteiger partial charge < -0.3 is 14.6 Å². The molecule has 0 saturated carbocycles. The minimum atomic E-state index is -0.608. The summed E-state index contributed by atoms with van der Waals surface area (Å²) in [5.74, 6) is -0.638. The number of benzene rings is 2. The third-order valence-corrected chi connectivity index (χ3v) is 3.24. The zero-order chi connectivity index (χ0) is 15.9. The van der Waals surface area contributed by atoms with Gasteiger partial charge in [0.2, 0.25) is 0 Å². The van der Waals surface area contributed by atoms with Crippen molar-refractivity contribution in [3.8, 4) is 22.6 Å². The maximum absolute atomic E-state index is 12.4. The van der Waals surface area contributed by atoms with Crippen LogP contribution in [-0.2, 0) is 0 Å². The lowest BCUT2D eigenvalue weighted by atomic mass is 10.0. The Balaban J connectivity index is 2.23. The molecule has 0 bridgehead atoms. The summed E-state index contributed by atoms with van der Waals surface area (Å²) in [6, 6.07) is 7.76. The minimum Gasteiger partial charge on any atom is -0.871 e. The van der Waals surface area contributed by atoms with Crippen molar-refractivity contribution < 1.29 is 25.0 Å². The van der Waals surface area contributed by atoms with Gasteiger partial charge in [0.25, 0.3) is 0 Å². The van der Waals surface area contributed by atoms with Crippen molar-refractivity contribution in [3.05, 3.63) is 52.9 Å². The highest BCUT2D eigenvalue weighted by Crippen LogP contribution is 2.29. The number of hydrogen-bond acceptors (Lipinski definition) is 7. The van der Waals surface area contributed by atoms with Crippen molar-refractivity contribution in [2.75, 3.05) is 5.23 Å². The van der Waals surface area contributed by atoms with Crippen molar-refractivity contribution >= 4 is 16.7 Å². The third kappa shape index (κ3) is 2.24. The van der Waals surface area contributed by atoms with Gasteiger partial charge in [0.15, 0.2) is 5.43 Å². The lowest BCUT2D eigenvalue weighted by molar-refractivity contribution is -0.268. The number of phenolic OH excluding ortho intramolecular Hbond substituents is 1. The largest absolute Gasteiger partial charge is 0.871 e. The average Bonchev–Trinajstić information content (AvgIpc) is 2.48. The van der Waals surface area contributed by atoms with E-state index in [0.717, 1.165) is 6.07 Å². The van der Waals surface area contributed by atoms with Gasteiger partial charge in [0.05, 0.1) is 16.6 Å². The van der Waals surface area contributed by atoms with Gasteiger partial charge in [-0.25, -0.2) is 0 Å². The molecule has 0 atom stereocenters. The monoisotopic (exact) mass is 300 g/mol. The van der Waals surface area contributed by atoms with Crippen LogP contribution in [0.1, 0.15) is 0 Å². The first-order valence-corrected chi connectivity index (χ1v) is 6.21. The fraction of sp³-hybridized carbons (Fsp3) is 0. The standard InChI is InChI=1S/C15H11NO6/c17-9-2-3-10-14(6-9)22-7-11(15(10)19)8-1-4-13(18)12(5-8)16(20)21/h1-7,17-18,20-21H/p-1. The van der Waals surface area contributed by atoms with Gasteiger partial charge in [0, 0.05) is 6.07 Å². The fourth-order valence-electron chi connectivity index (χ4n) is 2.16. The van der Waals surface area contributed by atoms with Crippen LogP contribution in [0.15, 0.2) is 51.9 Å². The quantitative estimate of drug-likeness (QED) is 0.618. The Labute approximate surface area is 123 Å². The van der Waals surface area contributed by atoms with E-state index in [2.05, 4.69) is 0 Å². The number of fused-ring (bicyclic) bond motifs is 1. The molecule has 0 unspecified atom stereocenters. The summed E-state index contributed by atoms with van der Waals surface area (Å²) >= 11 is 0. The molecule has 7 heteroatoms. The molecule has 0 radical (unpaired) electrons.